The largest absolute Gasteiger partial charge is 0.354 e. The Labute approximate surface area is 195 Å². The number of benzene rings is 2. The van der Waals surface area contributed by atoms with Crippen molar-refractivity contribution in [3.63, 3.8) is 0 Å². The Morgan fingerprint density at radius 2 is 1.84 bits per heavy atom. The lowest BCUT2D eigenvalue weighted by atomic mass is 10.1. The number of aryl methyl sites for hydroxylation is 1. The van der Waals surface area contributed by atoms with Crippen LogP contribution >= 0.6 is 23.4 Å². The molecule has 2 aromatic rings. The topological polar surface area (TPSA) is 49.4 Å². The summed E-state index contributed by atoms with van der Waals surface area (Å²) >= 11 is 7.60. The third-order valence-electron chi connectivity index (χ3n) is 5.07. The number of unbranched alkanes of at least 4 members (excludes halogenated alkanes) is 1. The van der Waals surface area contributed by atoms with Gasteiger partial charge in [-0.1, -0.05) is 73.8 Å². The lowest BCUT2D eigenvalue weighted by molar-refractivity contribution is -0.139. The van der Waals surface area contributed by atoms with Gasteiger partial charge in [-0.05, 0) is 43.0 Å². The summed E-state index contributed by atoms with van der Waals surface area (Å²) in [5.74, 6) is 0.919. The molecule has 2 rings (SSSR count). The Kier molecular flexibility index (Phi) is 11.0. The average Bonchev–Trinajstić information content (AvgIpc) is 2.75. The van der Waals surface area contributed by atoms with Gasteiger partial charge in [-0.15, -0.1) is 11.8 Å². The Bertz CT molecular complexity index is 842. The van der Waals surface area contributed by atoms with Crippen LogP contribution in [0.15, 0.2) is 48.5 Å². The molecule has 2 aromatic carbocycles. The van der Waals surface area contributed by atoms with Gasteiger partial charge in [-0.25, -0.2) is 0 Å². The number of carbonyl (C=O) groups is 2. The normalized spacial score (nSPS) is 11.7. The van der Waals surface area contributed by atoms with E-state index in [-0.39, 0.29) is 11.8 Å². The molecular formula is C25H33ClN2O2S. The molecule has 0 bridgehead atoms. The molecule has 0 heterocycles. The summed E-state index contributed by atoms with van der Waals surface area (Å²) < 4.78 is 0. The third kappa shape index (κ3) is 8.58. The van der Waals surface area contributed by atoms with Crippen LogP contribution in [0.4, 0.5) is 0 Å². The number of hydrogen-bond donors (Lipinski definition) is 1. The van der Waals surface area contributed by atoms with Crippen LogP contribution in [-0.2, 0) is 21.9 Å². The van der Waals surface area contributed by atoms with Crippen molar-refractivity contribution >= 4 is 35.2 Å². The Balaban J connectivity index is 2.09. The summed E-state index contributed by atoms with van der Waals surface area (Å²) in [6, 6.07) is 15.3. The number of nitrogens with zero attached hydrogens (tertiary/aromatic N) is 1. The summed E-state index contributed by atoms with van der Waals surface area (Å²) in [5.41, 5.74) is 3.28. The molecule has 1 N–H and O–H groups in total. The summed E-state index contributed by atoms with van der Waals surface area (Å²) in [6.45, 7) is 7.15. The van der Waals surface area contributed by atoms with E-state index in [0.717, 1.165) is 24.0 Å². The maximum Gasteiger partial charge on any atom is 0.242 e. The molecule has 0 fully saturated rings. The van der Waals surface area contributed by atoms with Crippen molar-refractivity contribution < 1.29 is 9.59 Å². The predicted molar refractivity (Wildman–Crippen MR) is 131 cm³/mol. The van der Waals surface area contributed by atoms with E-state index in [4.69, 9.17) is 11.6 Å². The first kappa shape index (κ1) is 25.3. The van der Waals surface area contributed by atoms with Gasteiger partial charge in [-0.3, -0.25) is 9.59 Å². The second-order valence-electron chi connectivity index (χ2n) is 7.70. The van der Waals surface area contributed by atoms with Crippen LogP contribution in [0.3, 0.4) is 0 Å². The molecule has 4 nitrogen and oxygen atoms in total. The minimum atomic E-state index is -0.475. The summed E-state index contributed by atoms with van der Waals surface area (Å²) in [5, 5.41) is 3.69. The first-order valence-corrected chi connectivity index (χ1v) is 12.4. The third-order valence-corrected chi connectivity index (χ3v) is 6.30. The van der Waals surface area contributed by atoms with E-state index in [2.05, 4.69) is 12.2 Å². The number of thioether (sulfide) groups is 1. The smallest absolute Gasteiger partial charge is 0.242 e. The highest BCUT2D eigenvalue weighted by Crippen LogP contribution is 2.19. The van der Waals surface area contributed by atoms with Gasteiger partial charge in [0.1, 0.15) is 6.04 Å². The maximum atomic E-state index is 13.2. The first-order chi connectivity index (χ1) is 14.9. The SMILES string of the molecule is CCCCNC(=O)[C@@H](CC)N(Cc1ccc(C)cc1)C(=O)CSCc1cccc(Cl)c1. The van der Waals surface area contributed by atoms with Gasteiger partial charge in [0.05, 0.1) is 5.75 Å². The lowest BCUT2D eigenvalue weighted by Gasteiger charge is -2.30. The number of halogens is 1. The zero-order chi connectivity index (χ0) is 22.6. The van der Waals surface area contributed by atoms with Gasteiger partial charge in [0.2, 0.25) is 11.8 Å². The van der Waals surface area contributed by atoms with Gasteiger partial charge in [-0.2, -0.15) is 0 Å². The fourth-order valence-electron chi connectivity index (χ4n) is 3.28. The van der Waals surface area contributed by atoms with Crippen LogP contribution in [-0.4, -0.2) is 35.1 Å². The van der Waals surface area contributed by atoms with Crippen molar-refractivity contribution in [1.82, 2.24) is 10.2 Å². The van der Waals surface area contributed by atoms with E-state index >= 15 is 0 Å². The summed E-state index contributed by atoms with van der Waals surface area (Å²) in [6.07, 6.45) is 2.53. The molecule has 0 saturated carbocycles. The monoisotopic (exact) mass is 460 g/mol. The minimum absolute atomic E-state index is 0.0231. The lowest BCUT2D eigenvalue weighted by Crippen LogP contribution is -2.49. The molecule has 0 aromatic heterocycles. The number of amides is 2. The quantitative estimate of drug-likeness (QED) is 0.419. The van der Waals surface area contributed by atoms with Crippen LogP contribution < -0.4 is 5.32 Å². The minimum Gasteiger partial charge on any atom is -0.354 e. The molecule has 0 spiro atoms. The Hall–Kier alpha value is -1.98. The van der Waals surface area contributed by atoms with Crippen molar-refractivity contribution in [2.45, 2.75) is 58.4 Å². The van der Waals surface area contributed by atoms with E-state index in [1.165, 1.54) is 5.56 Å². The molecular weight excluding hydrogens is 428 g/mol. The standard InChI is InChI=1S/C25H33ClN2O2S/c1-4-6-14-27-25(30)23(5-2)28(16-20-12-10-19(3)11-13-20)24(29)18-31-17-21-8-7-9-22(26)15-21/h7-13,15,23H,4-6,14,16-18H2,1-3H3,(H,27,30)/t23-/m1/s1. The van der Waals surface area contributed by atoms with E-state index in [1.54, 1.807) is 16.7 Å². The fourth-order valence-corrected chi connectivity index (χ4v) is 4.35. The molecule has 31 heavy (non-hydrogen) atoms. The van der Waals surface area contributed by atoms with Crippen LogP contribution in [0, 0.1) is 6.92 Å². The number of carbonyl (C=O) groups excluding carboxylic acids is 2. The van der Waals surface area contributed by atoms with Gasteiger partial charge >= 0.3 is 0 Å². The van der Waals surface area contributed by atoms with Crippen LogP contribution in [0.2, 0.25) is 5.02 Å². The highest BCUT2D eigenvalue weighted by atomic mass is 35.5. The van der Waals surface area contributed by atoms with Crippen LogP contribution in [0.25, 0.3) is 0 Å². The molecule has 0 radical (unpaired) electrons. The number of hydrogen-bond acceptors (Lipinski definition) is 3. The van der Waals surface area contributed by atoms with Crippen LogP contribution in [0.1, 0.15) is 49.8 Å². The van der Waals surface area contributed by atoms with E-state index < -0.39 is 6.04 Å². The highest BCUT2D eigenvalue weighted by Gasteiger charge is 2.28. The van der Waals surface area contributed by atoms with Gasteiger partial charge in [0.15, 0.2) is 0 Å². The molecule has 0 saturated heterocycles. The average molecular weight is 461 g/mol. The number of nitrogens with one attached hydrogen (secondary N) is 1. The van der Waals surface area contributed by atoms with E-state index in [9.17, 15) is 9.59 Å². The first-order valence-electron chi connectivity index (χ1n) is 10.9. The fraction of sp³-hybridized carbons (Fsp3) is 0.440. The van der Waals surface area contributed by atoms with Crippen molar-refractivity contribution in [1.29, 1.82) is 0 Å². The van der Waals surface area contributed by atoms with E-state index in [0.29, 0.717) is 36.0 Å². The second kappa shape index (κ2) is 13.4. The molecule has 168 valence electrons. The summed E-state index contributed by atoms with van der Waals surface area (Å²) in [4.78, 5) is 27.8. The molecule has 0 aliphatic heterocycles. The number of rotatable bonds is 12. The predicted octanol–water partition coefficient (Wildman–Crippen LogP) is 5.61. The van der Waals surface area contributed by atoms with Gasteiger partial charge < -0.3 is 10.2 Å². The molecule has 1 atom stereocenters. The van der Waals surface area contributed by atoms with Crippen molar-refractivity contribution in [3.8, 4) is 0 Å². The van der Waals surface area contributed by atoms with Gasteiger partial charge in [0.25, 0.3) is 0 Å². The van der Waals surface area contributed by atoms with Crippen molar-refractivity contribution in [2.75, 3.05) is 12.3 Å². The van der Waals surface area contributed by atoms with Crippen molar-refractivity contribution in [3.05, 3.63) is 70.2 Å². The zero-order valence-corrected chi connectivity index (χ0v) is 20.3. The molecule has 0 aliphatic rings. The highest BCUT2D eigenvalue weighted by molar-refractivity contribution is 7.99. The summed E-state index contributed by atoms with van der Waals surface area (Å²) in [7, 11) is 0. The van der Waals surface area contributed by atoms with Crippen LogP contribution in [0.5, 0.6) is 0 Å². The molecule has 6 heteroatoms. The van der Waals surface area contributed by atoms with Gasteiger partial charge in [0, 0.05) is 23.9 Å². The Morgan fingerprint density at radius 3 is 2.48 bits per heavy atom. The molecule has 2 amide bonds. The molecule has 0 unspecified atom stereocenters. The molecule has 0 aliphatic carbocycles. The maximum absolute atomic E-state index is 13.2. The Morgan fingerprint density at radius 1 is 1.10 bits per heavy atom. The second-order valence-corrected chi connectivity index (χ2v) is 9.12. The van der Waals surface area contributed by atoms with Crippen molar-refractivity contribution in [2.24, 2.45) is 0 Å². The zero-order valence-electron chi connectivity index (χ0n) is 18.7. The van der Waals surface area contributed by atoms with E-state index in [1.807, 2.05) is 62.4 Å².